The second-order valence-corrected chi connectivity index (χ2v) is 4.34. The van der Waals surface area contributed by atoms with Crippen LogP contribution in [0, 0.1) is 0 Å². The minimum absolute atomic E-state index is 1.000. The summed E-state index contributed by atoms with van der Waals surface area (Å²) in [7, 11) is 0. The lowest BCUT2D eigenvalue weighted by molar-refractivity contribution is 1.22. The number of aliphatic imine (C=N–C) groups is 2. The molecule has 0 radical (unpaired) electrons. The Hall–Kier alpha value is -1.44. The van der Waals surface area contributed by atoms with Gasteiger partial charge >= 0.3 is 0 Å². The van der Waals surface area contributed by atoms with Crippen LogP contribution in [0.25, 0.3) is 0 Å². The van der Waals surface area contributed by atoms with Crippen molar-refractivity contribution in [2.24, 2.45) is 9.98 Å². The lowest BCUT2D eigenvalue weighted by atomic mass is 10.0. The number of nitrogens with zero attached hydrogens (tertiary/aromatic N) is 2. The molecule has 0 amide bonds. The van der Waals surface area contributed by atoms with Crippen LogP contribution in [0.3, 0.4) is 0 Å². The normalized spacial score (nSPS) is 17.2. The number of hydrogen-bond donors (Lipinski definition) is 0. The van der Waals surface area contributed by atoms with E-state index >= 15 is 0 Å². The first-order valence-corrected chi connectivity index (χ1v) is 5.52. The number of fused-ring (bicyclic) bond motifs is 2. The summed E-state index contributed by atoms with van der Waals surface area (Å²) in [5.74, 6) is 0. The van der Waals surface area contributed by atoms with Gasteiger partial charge in [0.1, 0.15) is 0 Å². The van der Waals surface area contributed by atoms with Crippen LogP contribution in [0.15, 0.2) is 22.1 Å². The third kappa shape index (κ3) is 1.32. The quantitative estimate of drug-likeness (QED) is 0.661. The standard InChI is InChI=1S/C13H14N2/c1-3-11-5-10-7-12-9(4-8(2)14-12)6-13(10)15-11/h6-7H,3-5H2,1-2H3. The first-order chi connectivity index (χ1) is 7.26. The second-order valence-electron chi connectivity index (χ2n) is 4.34. The van der Waals surface area contributed by atoms with Crippen molar-refractivity contribution in [2.45, 2.75) is 33.1 Å². The van der Waals surface area contributed by atoms with Gasteiger partial charge in [-0.25, -0.2) is 0 Å². The third-order valence-electron chi connectivity index (χ3n) is 3.12. The first kappa shape index (κ1) is 8.84. The zero-order valence-corrected chi connectivity index (χ0v) is 9.17. The van der Waals surface area contributed by atoms with Gasteiger partial charge in [-0.1, -0.05) is 6.92 Å². The van der Waals surface area contributed by atoms with Gasteiger partial charge in [-0.2, -0.15) is 0 Å². The Morgan fingerprint density at radius 2 is 1.73 bits per heavy atom. The van der Waals surface area contributed by atoms with Crippen molar-refractivity contribution in [3.05, 3.63) is 23.3 Å². The molecule has 2 nitrogen and oxygen atoms in total. The van der Waals surface area contributed by atoms with E-state index in [0.29, 0.717) is 0 Å². The molecule has 0 fully saturated rings. The van der Waals surface area contributed by atoms with Crippen molar-refractivity contribution < 1.29 is 0 Å². The molecule has 2 heteroatoms. The van der Waals surface area contributed by atoms with Crippen LogP contribution in [0.5, 0.6) is 0 Å². The summed E-state index contributed by atoms with van der Waals surface area (Å²) in [6.45, 7) is 4.26. The topological polar surface area (TPSA) is 24.7 Å². The maximum Gasteiger partial charge on any atom is 0.0669 e. The third-order valence-corrected chi connectivity index (χ3v) is 3.12. The molecule has 0 saturated heterocycles. The summed E-state index contributed by atoms with van der Waals surface area (Å²) in [6, 6.07) is 4.43. The van der Waals surface area contributed by atoms with Crippen LogP contribution in [-0.2, 0) is 12.8 Å². The molecule has 0 aliphatic carbocycles. The zero-order valence-electron chi connectivity index (χ0n) is 9.17. The Labute approximate surface area is 89.8 Å². The van der Waals surface area contributed by atoms with E-state index in [4.69, 9.17) is 0 Å². The van der Waals surface area contributed by atoms with Crippen LogP contribution >= 0.6 is 0 Å². The fourth-order valence-corrected chi connectivity index (χ4v) is 2.31. The highest BCUT2D eigenvalue weighted by Gasteiger charge is 2.19. The maximum absolute atomic E-state index is 4.64. The highest BCUT2D eigenvalue weighted by Crippen LogP contribution is 2.37. The summed E-state index contributed by atoms with van der Waals surface area (Å²) >= 11 is 0. The fraction of sp³-hybridized carbons (Fsp3) is 0.385. The molecule has 0 saturated carbocycles. The second kappa shape index (κ2) is 3.02. The average Bonchev–Trinajstić information content (AvgIpc) is 2.74. The lowest BCUT2D eigenvalue weighted by Crippen LogP contribution is -1.93. The number of benzene rings is 1. The van der Waals surface area contributed by atoms with Gasteiger partial charge < -0.3 is 0 Å². The molecule has 0 spiro atoms. The zero-order chi connectivity index (χ0) is 10.4. The smallest absolute Gasteiger partial charge is 0.0669 e. The van der Waals surface area contributed by atoms with Crippen LogP contribution in [0.2, 0.25) is 0 Å². The van der Waals surface area contributed by atoms with Gasteiger partial charge in [-0.3, -0.25) is 9.98 Å². The molecular formula is C13H14N2. The molecule has 76 valence electrons. The molecule has 0 N–H and O–H groups in total. The molecule has 2 aliphatic rings. The molecule has 0 unspecified atom stereocenters. The molecule has 2 aliphatic heterocycles. The number of hydrogen-bond acceptors (Lipinski definition) is 2. The Morgan fingerprint density at radius 1 is 1.07 bits per heavy atom. The summed E-state index contributed by atoms with van der Waals surface area (Å²) < 4.78 is 0. The lowest BCUT2D eigenvalue weighted by Gasteiger charge is -2.01. The minimum atomic E-state index is 1.000. The van der Waals surface area contributed by atoms with Gasteiger partial charge in [-0.05, 0) is 36.6 Å². The predicted octanol–water partition coefficient (Wildman–Crippen LogP) is 3.37. The van der Waals surface area contributed by atoms with E-state index in [-0.39, 0.29) is 0 Å². The van der Waals surface area contributed by atoms with E-state index in [9.17, 15) is 0 Å². The van der Waals surface area contributed by atoms with Gasteiger partial charge in [-0.15, -0.1) is 0 Å². The maximum atomic E-state index is 4.64. The summed E-state index contributed by atoms with van der Waals surface area (Å²) in [4.78, 5) is 9.18. The van der Waals surface area contributed by atoms with Crippen molar-refractivity contribution in [2.75, 3.05) is 0 Å². The fourth-order valence-electron chi connectivity index (χ4n) is 2.31. The van der Waals surface area contributed by atoms with Crippen molar-refractivity contribution in [3.63, 3.8) is 0 Å². The van der Waals surface area contributed by atoms with Crippen molar-refractivity contribution in [1.29, 1.82) is 0 Å². The van der Waals surface area contributed by atoms with E-state index < -0.39 is 0 Å². The molecular weight excluding hydrogens is 184 g/mol. The highest BCUT2D eigenvalue weighted by molar-refractivity contribution is 5.97. The van der Waals surface area contributed by atoms with Crippen molar-refractivity contribution >= 4 is 22.8 Å². The highest BCUT2D eigenvalue weighted by atomic mass is 14.8. The molecule has 3 rings (SSSR count). The molecule has 2 heterocycles. The van der Waals surface area contributed by atoms with E-state index in [0.717, 1.165) is 19.3 Å². The predicted molar refractivity (Wildman–Crippen MR) is 64.0 cm³/mol. The van der Waals surface area contributed by atoms with E-state index in [1.54, 1.807) is 0 Å². The Balaban J connectivity index is 2.06. The van der Waals surface area contributed by atoms with Crippen molar-refractivity contribution in [3.8, 4) is 0 Å². The molecule has 15 heavy (non-hydrogen) atoms. The Bertz CT molecular complexity index is 496. The van der Waals surface area contributed by atoms with Crippen molar-refractivity contribution in [1.82, 2.24) is 0 Å². The summed E-state index contributed by atoms with van der Waals surface area (Å²) in [5.41, 5.74) is 7.55. The van der Waals surface area contributed by atoms with Gasteiger partial charge in [0, 0.05) is 24.3 Å². The van der Waals surface area contributed by atoms with Gasteiger partial charge in [0.25, 0.3) is 0 Å². The van der Waals surface area contributed by atoms with Gasteiger partial charge in [0.05, 0.1) is 11.4 Å². The average molecular weight is 198 g/mol. The van der Waals surface area contributed by atoms with Crippen LogP contribution in [-0.4, -0.2) is 11.4 Å². The number of rotatable bonds is 1. The van der Waals surface area contributed by atoms with E-state index in [1.165, 1.54) is 33.9 Å². The monoisotopic (exact) mass is 198 g/mol. The van der Waals surface area contributed by atoms with Gasteiger partial charge in [0.15, 0.2) is 0 Å². The molecule has 1 aromatic carbocycles. The van der Waals surface area contributed by atoms with E-state index in [1.807, 2.05) is 0 Å². The molecule has 0 atom stereocenters. The van der Waals surface area contributed by atoms with Crippen LogP contribution < -0.4 is 0 Å². The molecule has 0 aromatic heterocycles. The molecule has 0 bridgehead atoms. The Morgan fingerprint density at radius 3 is 2.47 bits per heavy atom. The van der Waals surface area contributed by atoms with Gasteiger partial charge in [0.2, 0.25) is 0 Å². The van der Waals surface area contributed by atoms with E-state index in [2.05, 4.69) is 36.0 Å². The Kier molecular flexibility index (Phi) is 1.78. The minimum Gasteiger partial charge on any atom is -0.257 e. The van der Waals surface area contributed by atoms with Crippen LogP contribution in [0.1, 0.15) is 31.4 Å². The molecule has 1 aromatic rings. The first-order valence-electron chi connectivity index (χ1n) is 5.52. The summed E-state index contributed by atoms with van der Waals surface area (Å²) in [6.07, 6.45) is 3.08. The largest absolute Gasteiger partial charge is 0.257 e. The van der Waals surface area contributed by atoms with Crippen LogP contribution in [0.4, 0.5) is 11.4 Å². The SMILES string of the molecule is CCC1=Nc2cc3c(cc2C1)N=C(C)C3. The summed E-state index contributed by atoms with van der Waals surface area (Å²) in [5, 5.41) is 0.